The second-order valence-electron chi connectivity index (χ2n) is 5.13. The van der Waals surface area contributed by atoms with Crippen molar-refractivity contribution in [3.63, 3.8) is 0 Å². The molecule has 0 bridgehead atoms. The molecule has 2 aromatic rings. The molecule has 0 aliphatic heterocycles. The number of methoxy groups -OCH3 is 1. The summed E-state index contributed by atoms with van der Waals surface area (Å²) in [5.41, 5.74) is 3.46. The number of nitrogens with one attached hydrogen (secondary N) is 1. The molecule has 0 aliphatic rings. The molecule has 4 nitrogen and oxygen atoms in total. The van der Waals surface area contributed by atoms with Gasteiger partial charge in [-0.15, -0.1) is 0 Å². The Labute approximate surface area is 107 Å². The summed E-state index contributed by atoms with van der Waals surface area (Å²) in [5, 5.41) is 1.03. The third-order valence-electron chi connectivity index (χ3n) is 2.40. The lowest BCUT2D eigenvalue weighted by atomic mass is 10.2. The summed E-state index contributed by atoms with van der Waals surface area (Å²) in [6.07, 6.45) is 0. The highest BCUT2D eigenvalue weighted by Crippen LogP contribution is 2.28. The molecule has 18 heavy (non-hydrogen) atoms. The smallest absolute Gasteiger partial charge is 0.176 e. The predicted octanol–water partition coefficient (Wildman–Crippen LogP) is 3.26. The van der Waals surface area contributed by atoms with Gasteiger partial charge in [0.15, 0.2) is 11.3 Å². The van der Waals surface area contributed by atoms with E-state index in [0.717, 1.165) is 22.5 Å². The normalized spacial score (nSPS) is 12.0. The second-order valence-corrected chi connectivity index (χ2v) is 5.13. The number of rotatable bonds is 4. The van der Waals surface area contributed by atoms with Crippen LogP contribution in [0.1, 0.15) is 26.5 Å². The fourth-order valence-corrected chi connectivity index (χ4v) is 1.66. The Balaban J connectivity index is 2.11. The van der Waals surface area contributed by atoms with Crippen LogP contribution in [0.4, 0.5) is 0 Å². The van der Waals surface area contributed by atoms with Crippen LogP contribution in [0.15, 0.2) is 28.7 Å². The van der Waals surface area contributed by atoms with E-state index in [1.54, 1.807) is 7.11 Å². The SMILES string of the molecule is COc1cccc2cc(CNOC(C)(C)C)oc12. The summed E-state index contributed by atoms with van der Waals surface area (Å²) in [4.78, 5) is 5.44. The fourth-order valence-electron chi connectivity index (χ4n) is 1.66. The van der Waals surface area contributed by atoms with E-state index in [2.05, 4.69) is 5.48 Å². The van der Waals surface area contributed by atoms with Crippen LogP contribution in [-0.2, 0) is 11.4 Å². The van der Waals surface area contributed by atoms with Crippen molar-refractivity contribution in [1.29, 1.82) is 0 Å². The van der Waals surface area contributed by atoms with E-state index in [-0.39, 0.29) is 5.60 Å². The Hall–Kier alpha value is -1.52. The van der Waals surface area contributed by atoms with Gasteiger partial charge in [0.05, 0.1) is 19.3 Å². The van der Waals surface area contributed by atoms with Crippen molar-refractivity contribution in [2.45, 2.75) is 32.9 Å². The highest BCUT2D eigenvalue weighted by molar-refractivity contribution is 5.83. The molecule has 1 aromatic heterocycles. The van der Waals surface area contributed by atoms with Crippen LogP contribution < -0.4 is 10.2 Å². The van der Waals surface area contributed by atoms with Crippen LogP contribution in [0.5, 0.6) is 5.75 Å². The molecule has 0 unspecified atom stereocenters. The molecule has 1 heterocycles. The van der Waals surface area contributed by atoms with Crippen molar-refractivity contribution in [1.82, 2.24) is 5.48 Å². The number of ether oxygens (including phenoxy) is 1. The summed E-state index contributed by atoms with van der Waals surface area (Å²) in [5.74, 6) is 1.56. The third kappa shape index (κ3) is 3.03. The second kappa shape index (κ2) is 5.00. The molecule has 0 saturated heterocycles. The number of furan rings is 1. The van der Waals surface area contributed by atoms with Crippen molar-refractivity contribution >= 4 is 11.0 Å². The standard InChI is InChI=1S/C14H19NO3/c1-14(2,3)18-15-9-11-8-10-6-5-7-12(16-4)13(10)17-11/h5-8,15H,9H2,1-4H3. The summed E-state index contributed by atoms with van der Waals surface area (Å²) >= 11 is 0. The first kappa shape index (κ1) is 12.9. The lowest BCUT2D eigenvalue weighted by Gasteiger charge is -2.18. The zero-order valence-corrected chi connectivity index (χ0v) is 11.2. The van der Waals surface area contributed by atoms with Crippen molar-refractivity contribution in [2.24, 2.45) is 0 Å². The predicted molar refractivity (Wildman–Crippen MR) is 70.4 cm³/mol. The maximum absolute atomic E-state index is 5.74. The molecule has 0 atom stereocenters. The lowest BCUT2D eigenvalue weighted by molar-refractivity contribution is -0.0774. The molecule has 2 rings (SSSR count). The third-order valence-corrected chi connectivity index (χ3v) is 2.40. The molecule has 1 aromatic carbocycles. The zero-order chi connectivity index (χ0) is 13.2. The summed E-state index contributed by atoms with van der Waals surface area (Å²) < 4.78 is 11.0. The Morgan fingerprint density at radius 1 is 1.28 bits per heavy atom. The Bertz CT molecular complexity index is 525. The Morgan fingerprint density at radius 3 is 2.72 bits per heavy atom. The van der Waals surface area contributed by atoms with Crippen molar-refractivity contribution in [2.75, 3.05) is 7.11 Å². The molecule has 98 valence electrons. The highest BCUT2D eigenvalue weighted by Gasteiger charge is 2.12. The number of hydroxylamine groups is 1. The number of hydrogen-bond donors (Lipinski definition) is 1. The average Bonchev–Trinajstić information content (AvgIpc) is 2.69. The minimum Gasteiger partial charge on any atom is -0.493 e. The molecule has 1 N–H and O–H groups in total. The van der Waals surface area contributed by atoms with Gasteiger partial charge in [-0.05, 0) is 32.9 Å². The molecule has 4 heteroatoms. The van der Waals surface area contributed by atoms with E-state index in [1.807, 2.05) is 45.0 Å². The minimum atomic E-state index is -0.219. The largest absolute Gasteiger partial charge is 0.493 e. The summed E-state index contributed by atoms with van der Waals surface area (Å²) in [7, 11) is 1.64. The van der Waals surface area contributed by atoms with Crippen LogP contribution in [-0.4, -0.2) is 12.7 Å². The maximum Gasteiger partial charge on any atom is 0.176 e. The van der Waals surface area contributed by atoms with E-state index in [0.29, 0.717) is 6.54 Å². The number of benzene rings is 1. The molecule has 0 aliphatic carbocycles. The van der Waals surface area contributed by atoms with E-state index >= 15 is 0 Å². The van der Waals surface area contributed by atoms with E-state index in [1.165, 1.54) is 0 Å². The van der Waals surface area contributed by atoms with Gasteiger partial charge in [0.2, 0.25) is 0 Å². The van der Waals surface area contributed by atoms with Crippen molar-refractivity contribution in [3.8, 4) is 5.75 Å². The van der Waals surface area contributed by atoms with Gasteiger partial charge < -0.3 is 9.15 Å². The maximum atomic E-state index is 5.74. The van der Waals surface area contributed by atoms with Gasteiger partial charge in [-0.2, -0.15) is 5.48 Å². The van der Waals surface area contributed by atoms with Crippen LogP contribution >= 0.6 is 0 Å². The van der Waals surface area contributed by atoms with Gasteiger partial charge >= 0.3 is 0 Å². The van der Waals surface area contributed by atoms with Gasteiger partial charge in [0, 0.05) is 5.39 Å². The van der Waals surface area contributed by atoms with Gasteiger partial charge in [-0.25, -0.2) is 0 Å². The molecular weight excluding hydrogens is 230 g/mol. The molecule has 0 amide bonds. The van der Waals surface area contributed by atoms with Crippen LogP contribution in [0.25, 0.3) is 11.0 Å². The molecule has 0 radical (unpaired) electrons. The average molecular weight is 249 g/mol. The Kier molecular flexibility index (Phi) is 3.59. The van der Waals surface area contributed by atoms with Crippen LogP contribution in [0.3, 0.4) is 0 Å². The lowest BCUT2D eigenvalue weighted by Crippen LogP contribution is -2.28. The van der Waals surface area contributed by atoms with E-state index < -0.39 is 0 Å². The van der Waals surface area contributed by atoms with E-state index in [4.69, 9.17) is 14.0 Å². The first-order chi connectivity index (χ1) is 8.49. The number of fused-ring (bicyclic) bond motifs is 1. The first-order valence-corrected chi connectivity index (χ1v) is 5.96. The molecular formula is C14H19NO3. The monoisotopic (exact) mass is 249 g/mol. The summed E-state index contributed by atoms with van der Waals surface area (Å²) in [6, 6.07) is 7.81. The quantitative estimate of drug-likeness (QED) is 0.845. The summed E-state index contributed by atoms with van der Waals surface area (Å²) in [6.45, 7) is 6.49. The van der Waals surface area contributed by atoms with Gasteiger partial charge in [-0.1, -0.05) is 12.1 Å². The van der Waals surface area contributed by atoms with Gasteiger partial charge in [0.1, 0.15) is 5.76 Å². The van der Waals surface area contributed by atoms with Crippen molar-refractivity contribution in [3.05, 3.63) is 30.0 Å². The Morgan fingerprint density at radius 2 is 2.06 bits per heavy atom. The van der Waals surface area contributed by atoms with E-state index in [9.17, 15) is 0 Å². The zero-order valence-electron chi connectivity index (χ0n) is 11.2. The molecule has 0 spiro atoms. The number of para-hydroxylation sites is 1. The number of hydrogen-bond acceptors (Lipinski definition) is 4. The highest BCUT2D eigenvalue weighted by atomic mass is 16.7. The minimum absolute atomic E-state index is 0.219. The van der Waals surface area contributed by atoms with Crippen LogP contribution in [0.2, 0.25) is 0 Å². The topological polar surface area (TPSA) is 43.6 Å². The van der Waals surface area contributed by atoms with Gasteiger partial charge in [-0.3, -0.25) is 4.84 Å². The van der Waals surface area contributed by atoms with Crippen molar-refractivity contribution < 1.29 is 14.0 Å². The fraction of sp³-hybridized carbons (Fsp3) is 0.429. The molecule has 0 saturated carbocycles. The first-order valence-electron chi connectivity index (χ1n) is 5.96. The molecule has 0 fully saturated rings. The van der Waals surface area contributed by atoms with Gasteiger partial charge in [0.25, 0.3) is 0 Å². The van der Waals surface area contributed by atoms with Crippen LogP contribution in [0, 0.1) is 0 Å².